The molecule has 3 aromatic rings. The molecule has 11 heteroatoms. The van der Waals surface area contributed by atoms with Crippen molar-refractivity contribution < 1.29 is 19.1 Å². The zero-order chi connectivity index (χ0) is 29.6. The maximum Gasteiger partial charge on any atom is 0.265 e. The zero-order valence-corrected chi connectivity index (χ0v) is 25.3. The second-order valence-corrected chi connectivity index (χ2v) is 11.2. The number of anilines is 2. The summed E-state index contributed by atoms with van der Waals surface area (Å²) in [5.41, 5.74) is 4.65. The summed E-state index contributed by atoms with van der Waals surface area (Å²) in [6.45, 7) is 3.89. The van der Waals surface area contributed by atoms with Gasteiger partial charge in [0.15, 0.2) is 6.61 Å². The highest BCUT2D eigenvalue weighted by molar-refractivity contribution is 6.42. The molecule has 1 atom stereocenters. The monoisotopic (exact) mass is 611 g/mol. The van der Waals surface area contributed by atoms with Crippen molar-refractivity contribution in [3.05, 3.63) is 76.3 Å². The largest absolute Gasteiger partial charge is 0.482 e. The Morgan fingerprint density at radius 3 is 2.50 bits per heavy atom. The number of halogens is 2. The fraction of sp³-hybridized carbons (Fsp3) is 0.355. The molecular weight excluding hydrogens is 577 g/mol. The van der Waals surface area contributed by atoms with Gasteiger partial charge in [-0.25, -0.2) is 0 Å². The van der Waals surface area contributed by atoms with Crippen LogP contribution in [-0.4, -0.2) is 88.4 Å². The van der Waals surface area contributed by atoms with Gasteiger partial charge in [-0.2, -0.15) is 0 Å². The van der Waals surface area contributed by atoms with Gasteiger partial charge in [-0.1, -0.05) is 59.6 Å². The average molecular weight is 613 g/mol. The quantitative estimate of drug-likeness (QED) is 0.326. The third-order valence-electron chi connectivity index (χ3n) is 7.59. The van der Waals surface area contributed by atoms with Crippen molar-refractivity contribution in [2.45, 2.75) is 6.04 Å². The normalized spacial score (nSPS) is 16.0. The van der Waals surface area contributed by atoms with E-state index in [2.05, 4.69) is 51.9 Å². The van der Waals surface area contributed by atoms with Crippen LogP contribution in [0.2, 0.25) is 10.0 Å². The van der Waals surface area contributed by atoms with Crippen molar-refractivity contribution >= 4 is 46.4 Å². The van der Waals surface area contributed by atoms with E-state index in [4.69, 9.17) is 32.7 Å². The standard InChI is InChI=1S/C31H35Cl2N5O4/c1-34-20-35-24-5-3-4-23(14-24)21-6-8-22(9-7-21)28(17-37-10-12-41-13-11-37)36(2)30(39)18-38-27-15-25(32)26(33)16-29(27)42-19-31(38)40/h3-9,14-16,28,34-35H,10-13,17-20H2,1-2H3. The number of benzene rings is 3. The SMILES string of the molecule is CNCNc1cccc(-c2ccc(C(CN3CCOCC3)N(C)C(=O)CN3C(=O)COc4cc(Cl)c(Cl)cc43)cc2)c1. The van der Waals surface area contributed by atoms with Crippen LogP contribution in [0.4, 0.5) is 11.4 Å². The lowest BCUT2D eigenvalue weighted by molar-refractivity contribution is -0.133. The Kier molecular flexibility index (Phi) is 9.87. The molecule has 0 spiro atoms. The van der Waals surface area contributed by atoms with Crippen LogP contribution < -0.4 is 20.3 Å². The van der Waals surface area contributed by atoms with Gasteiger partial charge in [0.25, 0.3) is 5.91 Å². The molecule has 0 bridgehead atoms. The maximum atomic E-state index is 13.8. The van der Waals surface area contributed by atoms with E-state index >= 15 is 0 Å². The minimum Gasteiger partial charge on any atom is -0.482 e. The zero-order valence-electron chi connectivity index (χ0n) is 23.7. The highest BCUT2D eigenvalue weighted by Crippen LogP contribution is 2.39. The van der Waals surface area contributed by atoms with Crippen LogP contribution >= 0.6 is 23.2 Å². The number of amides is 2. The van der Waals surface area contributed by atoms with Crippen molar-refractivity contribution in [1.29, 1.82) is 0 Å². The van der Waals surface area contributed by atoms with E-state index < -0.39 is 0 Å². The van der Waals surface area contributed by atoms with Crippen molar-refractivity contribution in [3.63, 3.8) is 0 Å². The van der Waals surface area contributed by atoms with E-state index in [-0.39, 0.29) is 36.0 Å². The summed E-state index contributed by atoms with van der Waals surface area (Å²) in [7, 11) is 3.69. The van der Waals surface area contributed by atoms with E-state index in [0.29, 0.717) is 42.9 Å². The maximum absolute atomic E-state index is 13.8. The number of hydrogen-bond donors (Lipinski definition) is 2. The van der Waals surface area contributed by atoms with E-state index in [9.17, 15) is 9.59 Å². The van der Waals surface area contributed by atoms with Crippen molar-refractivity contribution in [2.24, 2.45) is 0 Å². The van der Waals surface area contributed by atoms with Crippen LogP contribution in [0.5, 0.6) is 5.75 Å². The molecule has 2 amide bonds. The lowest BCUT2D eigenvalue weighted by Crippen LogP contribution is -2.48. The van der Waals surface area contributed by atoms with E-state index in [1.165, 1.54) is 4.90 Å². The first-order valence-corrected chi connectivity index (χ1v) is 14.7. The average Bonchev–Trinajstić information content (AvgIpc) is 3.01. The van der Waals surface area contributed by atoms with Gasteiger partial charge in [0.05, 0.1) is 41.7 Å². The minimum atomic E-state index is -0.317. The molecule has 42 heavy (non-hydrogen) atoms. The second kappa shape index (κ2) is 13.8. The highest BCUT2D eigenvalue weighted by atomic mass is 35.5. The molecule has 1 saturated heterocycles. The molecule has 2 aliphatic rings. The van der Waals surface area contributed by atoms with Gasteiger partial charge in [0.2, 0.25) is 5.91 Å². The molecule has 3 aromatic carbocycles. The number of fused-ring (bicyclic) bond motifs is 1. The van der Waals surface area contributed by atoms with Crippen molar-refractivity contribution in [1.82, 2.24) is 15.1 Å². The molecule has 1 fully saturated rings. The van der Waals surface area contributed by atoms with Crippen molar-refractivity contribution in [2.75, 3.05) is 77.0 Å². The number of nitrogens with one attached hydrogen (secondary N) is 2. The number of carbonyl (C=O) groups is 2. The lowest BCUT2D eigenvalue weighted by Gasteiger charge is -2.37. The number of rotatable bonds is 10. The molecule has 0 radical (unpaired) electrons. The predicted molar refractivity (Wildman–Crippen MR) is 167 cm³/mol. The van der Waals surface area contributed by atoms with Gasteiger partial charge in [-0.3, -0.25) is 19.4 Å². The third kappa shape index (κ3) is 6.99. The molecule has 2 heterocycles. The summed E-state index contributed by atoms with van der Waals surface area (Å²) in [4.78, 5) is 32.1. The number of nitrogens with zero attached hydrogens (tertiary/aromatic N) is 3. The molecule has 0 aromatic heterocycles. The molecule has 0 saturated carbocycles. The summed E-state index contributed by atoms with van der Waals surface area (Å²) in [5, 5.41) is 7.03. The number of hydrogen-bond acceptors (Lipinski definition) is 7. The van der Waals surface area contributed by atoms with Crippen LogP contribution in [0.3, 0.4) is 0 Å². The van der Waals surface area contributed by atoms with Gasteiger partial charge < -0.3 is 25.0 Å². The Morgan fingerprint density at radius 2 is 1.76 bits per heavy atom. The van der Waals surface area contributed by atoms with Crippen LogP contribution in [0.25, 0.3) is 11.1 Å². The Bertz CT molecular complexity index is 1410. The number of ether oxygens (including phenoxy) is 2. The lowest BCUT2D eigenvalue weighted by atomic mass is 9.99. The van der Waals surface area contributed by atoms with E-state index in [0.717, 1.165) is 35.5 Å². The fourth-order valence-electron chi connectivity index (χ4n) is 5.17. The minimum absolute atomic E-state index is 0.145. The Labute approximate surface area is 256 Å². The summed E-state index contributed by atoms with van der Waals surface area (Å²) in [6, 6.07) is 19.5. The van der Waals surface area contributed by atoms with Gasteiger partial charge in [0.1, 0.15) is 12.3 Å². The highest BCUT2D eigenvalue weighted by Gasteiger charge is 2.32. The molecule has 9 nitrogen and oxygen atoms in total. The molecule has 222 valence electrons. The Hall–Kier alpha value is -3.34. The van der Waals surface area contributed by atoms with Gasteiger partial charge >= 0.3 is 0 Å². The van der Waals surface area contributed by atoms with Gasteiger partial charge in [0, 0.05) is 38.4 Å². The second-order valence-electron chi connectivity index (χ2n) is 10.3. The first kappa shape index (κ1) is 30.1. The molecule has 5 rings (SSSR count). The third-order valence-corrected chi connectivity index (χ3v) is 8.32. The topological polar surface area (TPSA) is 86.4 Å². The summed E-state index contributed by atoms with van der Waals surface area (Å²) < 4.78 is 11.1. The van der Waals surface area contributed by atoms with Gasteiger partial charge in [-0.15, -0.1) is 0 Å². The van der Waals surface area contributed by atoms with Crippen LogP contribution in [0.15, 0.2) is 60.7 Å². The number of carbonyl (C=O) groups excluding carboxylic acids is 2. The number of morpholine rings is 1. The summed E-state index contributed by atoms with van der Waals surface area (Å²) in [6.07, 6.45) is 0. The van der Waals surface area contributed by atoms with Crippen LogP contribution in [0, 0.1) is 0 Å². The molecular formula is C31H35Cl2N5O4. The van der Waals surface area contributed by atoms with Crippen molar-refractivity contribution in [3.8, 4) is 16.9 Å². The molecule has 1 unspecified atom stereocenters. The predicted octanol–water partition coefficient (Wildman–Crippen LogP) is 4.51. The summed E-state index contributed by atoms with van der Waals surface area (Å²) >= 11 is 12.4. The van der Waals surface area contributed by atoms with E-state index in [1.54, 1.807) is 24.1 Å². The molecule has 2 aliphatic heterocycles. The fourth-order valence-corrected chi connectivity index (χ4v) is 5.48. The summed E-state index contributed by atoms with van der Waals surface area (Å²) in [5.74, 6) is -0.0961. The Morgan fingerprint density at radius 1 is 1.02 bits per heavy atom. The smallest absolute Gasteiger partial charge is 0.265 e. The molecule has 2 N–H and O–H groups in total. The number of likely N-dealkylation sites (N-methyl/N-ethyl adjacent to an activating group) is 1. The Balaban J connectivity index is 1.38. The first-order valence-electron chi connectivity index (χ1n) is 13.9. The first-order chi connectivity index (χ1) is 20.3. The molecule has 0 aliphatic carbocycles. The van der Waals surface area contributed by atoms with Crippen LogP contribution in [-0.2, 0) is 14.3 Å². The van der Waals surface area contributed by atoms with Crippen LogP contribution in [0.1, 0.15) is 11.6 Å². The van der Waals surface area contributed by atoms with Gasteiger partial charge in [-0.05, 0) is 41.9 Å². The van der Waals surface area contributed by atoms with E-state index in [1.807, 2.05) is 19.2 Å².